The summed E-state index contributed by atoms with van der Waals surface area (Å²) >= 11 is 6.54. The summed E-state index contributed by atoms with van der Waals surface area (Å²) in [5.41, 5.74) is 1.43. The summed E-state index contributed by atoms with van der Waals surface area (Å²) in [6.45, 7) is 0. The molecule has 2 aromatic heterocycles. The Kier molecular flexibility index (Phi) is 5.67. The van der Waals surface area contributed by atoms with Gasteiger partial charge in [0.1, 0.15) is 4.21 Å². The van der Waals surface area contributed by atoms with Gasteiger partial charge in [-0.1, -0.05) is 41.9 Å². The number of amides is 3. The maximum absolute atomic E-state index is 12.3. The van der Waals surface area contributed by atoms with Crippen LogP contribution >= 0.6 is 22.9 Å². The van der Waals surface area contributed by atoms with E-state index >= 15 is 0 Å². The summed E-state index contributed by atoms with van der Waals surface area (Å²) in [6.07, 6.45) is 0.124. The highest BCUT2D eigenvalue weighted by Gasteiger charge is 2.27. The van der Waals surface area contributed by atoms with E-state index in [1.54, 1.807) is 0 Å². The number of nitrogens with zero attached hydrogens (tertiary/aromatic N) is 4. The van der Waals surface area contributed by atoms with Crippen LogP contribution in [-0.4, -0.2) is 36.3 Å². The first-order chi connectivity index (χ1) is 14.8. The molecule has 31 heavy (non-hydrogen) atoms. The average Bonchev–Trinajstić information content (AvgIpc) is 3.35. The topological polar surface area (TPSA) is 134 Å². The summed E-state index contributed by atoms with van der Waals surface area (Å²) in [6, 6.07) is 13.8. The first-order valence-corrected chi connectivity index (χ1v) is 11.4. The number of benzene rings is 1. The van der Waals surface area contributed by atoms with E-state index in [-0.39, 0.29) is 32.5 Å². The van der Waals surface area contributed by atoms with Gasteiger partial charge in [0.15, 0.2) is 11.6 Å². The smallest absolute Gasteiger partial charge is 0.290 e. The summed E-state index contributed by atoms with van der Waals surface area (Å²) in [7, 11) is -4.07. The minimum atomic E-state index is -4.07. The second-order valence-electron chi connectivity index (χ2n) is 6.19. The molecule has 10 nitrogen and oxygen atoms in total. The molecule has 3 amide bonds. The number of urea groups is 1. The predicted molar refractivity (Wildman–Crippen MR) is 116 cm³/mol. The number of sulfonamides is 1. The number of nitrogens with one attached hydrogen (secondary N) is 2. The van der Waals surface area contributed by atoms with Crippen LogP contribution in [0.3, 0.4) is 0 Å². The third-order valence-corrected chi connectivity index (χ3v) is 7.09. The van der Waals surface area contributed by atoms with Crippen LogP contribution in [0.5, 0.6) is 0 Å². The van der Waals surface area contributed by atoms with Gasteiger partial charge in [0.25, 0.3) is 15.9 Å². The fraction of sp³-hybridized carbons (Fsp3) is 0.0556. The molecule has 0 atom stereocenters. The third-order valence-electron chi connectivity index (χ3n) is 4.03. The Hall–Kier alpha value is -3.35. The lowest BCUT2D eigenvalue weighted by Gasteiger charge is -2.10. The summed E-state index contributed by atoms with van der Waals surface area (Å²) in [5, 5.41) is 15.4. The lowest BCUT2D eigenvalue weighted by Crippen LogP contribution is -2.34. The minimum Gasteiger partial charge on any atom is -0.290 e. The second-order valence-corrected chi connectivity index (χ2v) is 9.81. The van der Waals surface area contributed by atoms with Gasteiger partial charge < -0.3 is 0 Å². The number of thiophene rings is 1. The SMILES string of the molecule is O=C(Nc1ccc(N2N=C(c3ccccc3)CC2=O)nn1)NS(=O)(=O)c1ccc(Cl)s1. The highest BCUT2D eigenvalue weighted by Crippen LogP contribution is 2.25. The van der Waals surface area contributed by atoms with E-state index in [0.717, 1.165) is 21.9 Å². The van der Waals surface area contributed by atoms with Crippen molar-refractivity contribution in [1.82, 2.24) is 14.9 Å². The zero-order chi connectivity index (χ0) is 22.0. The highest BCUT2D eigenvalue weighted by atomic mass is 35.5. The maximum atomic E-state index is 12.3. The molecule has 1 aliphatic rings. The van der Waals surface area contributed by atoms with Crippen LogP contribution in [0, 0.1) is 0 Å². The summed E-state index contributed by atoms with van der Waals surface area (Å²) in [5.74, 6) is -0.116. The van der Waals surface area contributed by atoms with Gasteiger partial charge in [-0.2, -0.15) is 10.1 Å². The quantitative estimate of drug-likeness (QED) is 0.581. The zero-order valence-corrected chi connectivity index (χ0v) is 17.9. The molecule has 2 N–H and O–H groups in total. The van der Waals surface area contributed by atoms with E-state index in [4.69, 9.17) is 11.6 Å². The van der Waals surface area contributed by atoms with Gasteiger partial charge in [-0.25, -0.2) is 17.9 Å². The van der Waals surface area contributed by atoms with Crippen molar-refractivity contribution in [2.24, 2.45) is 5.10 Å². The molecule has 3 heterocycles. The van der Waals surface area contributed by atoms with Gasteiger partial charge >= 0.3 is 6.03 Å². The standard InChI is InChI=1S/C18H13ClN6O4S2/c19-13-6-9-17(30-13)31(28,29)24-18(27)20-14-7-8-15(22-21-14)25-16(26)10-12(23-25)11-4-2-1-3-5-11/h1-9H,10H2,(H2,20,21,24,27). The van der Waals surface area contributed by atoms with Crippen molar-refractivity contribution in [2.45, 2.75) is 10.6 Å². The van der Waals surface area contributed by atoms with E-state index in [0.29, 0.717) is 5.71 Å². The largest absolute Gasteiger partial charge is 0.334 e. The third kappa shape index (κ3) is 4.71. The van der Waals surface area contributed by atoms with E-state index < -0.39 is 16.1 Å². The van der Waals surface area contributed by atoms with Crippen LogP contribution in [0.4, 0.5) is 16.4 Å². The normalized spacial score (nSPS) is 13.8. The van der Waals surface area contributed by atoms with E-state index in [2.05, 4.69) is 20.6 Å². The first kappa shape index (κ1) is 20.9. The number of hydrazone groups is 1. The molecule has 0 fully saturated rings. The number of rotatable bonds is 5. The van der Waals surface area contributed by atoms with Gasteiger partial charge in [-0.3, -0.25) is 10.1 Å². The Bertz CT molecular complexity index is 1280. The number of hydrogen-bond donors (Lipinski definition) is 2. The molecule has 0 bridgehead atoms. The van der Waals surface area contributed by atoms with Crippen molar-refractivity contribution in [3.63, 3.8) is 0 Å². The molecule has 0 radical (unpaired) electrons. The van der Waals surface area contributed by atoms with Crippen LogP contribution in [0.1, 0.15) is 12.0 Å². The Morgan fingerprint density at radius 3 is 2.48 bits per heavy atom. The number of carbonyl (C=O) groups is 2. The van der Waals surface area contributed by atoms with E-state index in [9.17, 15) is 18.0 Å². The Balaban J connectivity index is 1.43. The average molecular weight is 477 g/mol. The highest BCUT2D eigenvalue weighted by molar-refractivity contribution is 7.92. The van der Waals surface area contributed by atoms with Gasteiger partial charge in [0.2, 0.25) is 0 Å². The number of anilines is 2. The number of aromatic nitrogens is 2. The molecule has 1 aromatic carbocycles. The predicted octanol–water partition coefficient (Wildman–Crippen LogP) is 2.84. The molecule has 4 rings (SSSR count). The number of carbonyl (C=O) groups excluding carboxylic acids is 2. The molecule has 0 saturated carbocycles. The molecule has 0 saturated heterocycles. The van der Waals surface area contributed by atoms with Crippen molar-refractivity contribution < 1.29 is 18.0 Å². The minimum absolute atomic E-state index is 0.0143. The molecular formula is C18H13ClN6O4S2. The lowest BCUT2D eigenvalue weighted by atomic mass is 10.1. The van der Waals surface area contributed by atoms with Crippen molar-refractivity contribution in [2.75, 3.05) is 10.3 Å². The molecule has 1 aliphatic heterocycles. The van der Waals surface area contributed by atoms with E-state index in [1.165, 1.54) is 24.3 Å². The maximum Gasteiger partial charge on any atom is 0.334 e. The molecule has 0 aliphatic carbocycles. The van der Waals surface area contributed by atoms with Crippen LogP contribution in [-0.2, 0) is 14.8 Å². The fourth-order valence-electron chi connectivity index (χ4n) is 2.66. The second kappa shape index (κ2) is 8.41. The van der Waals surface area contributed by atoms with Crippen molar-refractivity contribution in [3.8, 4) is 0 Å². The fourth-order valence-corrected chi connectivity index (χ4v) is 5.05. The molecule has 3 aromatic rings. The van der Waals surface area contributed by atoms with Gasteiger partial charge in [0.05, 0.1) is 16.5 Å². The van der Waals surface area contributed by atoms with E-state index in [1.807, 2.05) is 35.1 Å². The molecule has 0 unspecified atom stereocenters. The Morgan fingerprint density at radius 2 is 1.84 bits per heavy atom. The van der Waals surface area contributed by atoms with Gasteiger partial charge in [-0.15, -0.1) is 21.5 Å². The van der Waals surface area contributed by atoms with Crippen LogP contribution in [0.2, 0.25) is 4.34 Å². The van der Waals surface area contributed by atoms with Gasteiger partial charge in [-0.05, 0) is 29.8 Å². The Morgan fingerprint density at radius 1 is 1.06 bits per heavy atom. The number of hydrogen-bond acceptors (Lipinski definition) is 8. The lowest BCUT2D eigenvalue weighted by molar-refractivity contribution is -0.116. The first-order valence-electron chi connectivity index (χ1n) is 8.70. The van der Waals surface area contributed by atoms with Crippen molar-refractivity contribution >= 4 is 62.2 Å². The van der Waals surface area contributed by atoms with Crippen LogP contribution in [0.25, 0.3) is 0 Å². The molecule has 13 heteroatoms. The monoisotopic (exact) mass is 476 g/mol. The number of halogens is 1. The van der Waals surface area contributed by atoms with Gasteiger partial charge in [0, 0.05) is 0 Å². The molecule has 158 valence electrons. The van der Waals surface area contributed by atoms with Crippen molar-refractivity contribution in [3.05, 3.63) is 64.5 Å². The summed E-state index contributed by atoms with van der Waals surface area (Å²) < 4.78 is 26.3. The molecule has 0 spiro atoms. The summed E-state index contributed by atoms with van der Waals surface area (Å²) in [4.78, 5) is 24.3. The van der Waals surface area contributed by atoms with Crippen LogP contribution in [0.15, 0.2) is 63.9 Å². The zero-order valence-electron chi connectivity index (χ0n) is 15.5. The Labute approximate surface area is 185 Å². The van der Waals surface area contributed by atoms with Crippen LogP contribution < -0.4 is 15.0 Å². The molecular weight excluding hydrogens is 464 g/mol. The van der Waals surface area contributed by atoms with Crippen molar-refractivity contribution in [1.29, 1.82) is 0 Å².